The van der Waals surface area contributed by atoms with E-state index in [0.717, 1.165) is 5.56 Å². The van der Waals surface area contributed by atoms with Crippen molar-refractivity contribution in [1.82, 2.24) is 9.78 Å². The maximum absolute atomic E-state index is 14.9. The van der Waals surface area contributed by atoms with Crippen LogP contribution in [-0.2, 0) is 11.6 Å². The highest BCUT2D eigenvalue weighted by atomic mass is 19.4. The van der Waals surface area contributed by atoms with Gasteiger partial charge in [0.05, 0.1) is 11.3 Å². The molecule has 0 spiro atoms. The van der Waals surface area contributed by atoms with Gasteiger partial charge in [-0.2, -0.15) is 22.7 Å². The minimum absolute atomic E-state index is 0.144. The first-order chi connectivity index (χ1) is 12.1. The van der Waals surface area contributed by atoms with Crippen LogP contribution >= 0.6 is 0 Å². The third-order valence-corrected chi connectivity index (χ3v) is 4.14. The van der Waals surface area contributed by atoms with E-state index in [1.165, 1.54) is 24.3 Å². The van der Waals surface area contributed by atoms with Crippen molar-refractivity contribution in [2.45, 2.75) is 32.4 Å². The highest BCUT2D eigenvalue weighted by molar-refractivity contribution is 5.68. The zero-order valence-corrected chi connectivity index (χ0v) is 14.6. The van der Waals surface area contributed by atoms with E-state index in [2.05, 4.69) is 5.10 Å². The van der Waals surface area contributed by atoms with Crippen molar-refractivity contribution in [3.05, 3.63) is 71.8 Å². The average molecular weight is 362 g/mol. The minimum atomic E-state index is -4.76. The molecule has 0 atom stereocenters. The van der Waals surface area contributed by atoms with Gasteiger partial charge in [-0.3, -0.25) is 0 Å². The topological polar surface area (TPSA) is 17.8 Å². The molecule has 0 bridgehead atoms. The van der Waals surface area contributed by atoms with E-state index in [9.17, 15) is 17.6 Å². The molecule has 6 heteroatoms. The summed E-state index contributed by atoms with van der Waals surface area (Å²) in [4.78, 5) is 0. The van der Waals surface area contributed by atoms with Gasteiger partial charge in [-0.25, -0.2) is 4.68 Å². The van der Waals surface area contributed by atoms with E-state index in [0.29, 0.717) is 4.68 Å². The van der Waals surface area contributed by atoms with Crippen LogP contribution in [0.15, 0.2) is 54.6 Å². The minimum Gasteiger partial charge on any atom is -0.206 e. The van der Waals surface area contributed by atoms with Crippen LogP contribution in [0.25, 0.3) is 16.8 Å². The first-order valence-corrected chi connectivity index (χ1v) is 8.11. The van der Waals surface area contributed by atoms with Crippen LogP contribution in [0.5, 0.6) is 0 Å². The standard InChI is InChI=1S/C20H18F4N2/c1-19(2,3)14-11-9-13(10-12-14)16-17(20(22,23)24)25-26(18(16)21)15-7-5-4-6-8-15/h4-12H,1-3H3. The van der Waals surface area contributed by atoms with Crippen LogP contribution in [0, 0.1) is 5.95 Å². The Hall–Kier alpha value is -2.63. The van der Waals surface area contributed by atoms with Gasteiger partial charge in [0.25, 0.3) is 0 Å². The Morgan fingerprint density at radius 3 is 1.92 bits per heavy atom. The summed E-state index contributed by atoms with van der Waals surface area (Å²) in [5, 5.41) is 3.52. The normalized spacial score (nSPS) is 12.4. The summed E-state index contributed by atoms with van der Waals surface area (Å²) in [6.07, 6.45) is -4.76. The fraction of sp³-hybridized carbons (Fsp3) is 0.250. The number of para-hydroxylation sites is 1. The summed E-state index contributed by atoms with van der Waals surface area (Å²) in [6, 6.07) is 14.4. The molecule has 2 aromatic carbocycles. The number of nitrogens with zero attached hydrogens (tertiary/aromatic N) is 2. The third kappa shape index (κ3) is 3.36. The molecule has 3 aromatic rings. The zero-order chi connectivity index (χ0) is 19.1. The Morgan fingerprint density at radius 1 is 0.846 bits per heavy atom. The second kappa shape index (κ2) is 6.27. The first kappa shape index (κ1) is 18.2. The van der Waals surface area contributed by atoms with Gasteiger partial charge in [-0.1, -0.05) is 63.2 Å². The Bertz CT molecular complexity index is 902. The summed E-state index contributed by atoms with van der Waals surface area (Å²) in [5.74, 6) is -1.04. The monoisotopic (exact) mass is 362 g/mol. The lowest BCUT2D eigenvalue weighted by atomic mass is 9.86. The molecule has 0 N–H and O–H groups in total. The molecular formula is C20H18F4N2. The maximum atomic E-state index is 14.9. The number of benzene rings is 2. The maximum Gasteiger partial charge on any atom is 0.435 e. The first-order valence-electron chi connectivity index (χ1n) is 8.11. The summed E-state index contributed by atoms with van der Waals surface area (Å²) in [6.45, 7) is 5.99. The lowest BCUT2D eigenvalue weighted by Gasteiger charge is -2.19. The van der Waals surface area contributed by atoms with Gasteiger partial charge in [0.2, 0.25) is 5.95 Å². The number of alkyl halides is 3. The molecule has 1 heterocycles. The van der Waals surface area contributed by atoms with E-state index >= 15 is 0 Å². The molecule has 136 valence electrons. The van der Waals surface area contributed by atoms with E-state index in [1.807, 2.05) is 20.8 Å². The number of aromatic nitrogens is 2. The summed E-state index contributed by atoms with van der Waals surface area (Å²) in [5.41, 5.74) is -0.606. The van der Waals surface area contributed by atoms with Crippen LogP contribution < -0.4 is 0 Å². The second-order valence-corrected chi connectivity index (χ2v) is 7.09. The Kier molecular flexibility index (Phi) is 4.38. The molecule has 1 aromatic heterocycles. The summed E-state index contributed by atoms with van der Waals surface area (Å²) >= 11 is 0. The van der Waals surface area contributed by atoms with Crippen LogP contribution in [0.2, 0.25) is 0 Å². The lowest BCUT2D eigenvalue weighted by Crippen LogP contribution is -2.11. The summed E-state index contributed by atoms with van der Waals surface area (Å²) < 4.78 is 56.0. The lowest BCUT2D eigenvalue weighted by molar-refractivity contribution is -0.140. The second-order valence-electron chi connectivity index (χ2n) is 7.09. The van der Waals surface area contributed by atoms with E-state index in [1.54, 1.807) is 30.3 Å². The van der Waals surface area contributed by atoms with Gasteiger partial charge in [-0.15, -0.1) is 0 Å². The van der Waals surface area contributed by atoms with E-state index < -0.39 is 23.4 Å². The van der Waals surface area contributed by atoms with Gasteiger partial charge in [-0.05, 0) is 28.7 Å². The predicted molar refractivity (Wildman–Crippen MR) is 92.7 cm³/mol. The van der Waals surface area contributed by atoms with Gasteiger partial charge in [0, 0.05) is 0 Å². The largest absolute Gasteiger partial charge is 0.435 e. The number of hydrogen-bond acceptors (Lipinski definition) is 1. The van der Waals surface area contributed by atoms with Crippen LogP contribution in [0.3, 0.4) is 0 Å². The molecule has 0 amide bonds. The molecule has 0 unspecified atom stereocenters. The van der Waals surface area contributed by atoms with Crippen LogP contribution in [-0.4, -0.2) is 9.78 Å². The van der Waals surface area contributed by atoms with Crippen molar-refractivity contribution in [2.24, 2.45) is 0 Å². The van der Waals surface area contributed by atoms with E-state index in [-0.39, 0.29) is 16.7 Å². The molecule has 0 saturated carbocycles. The Morgan fingerprint density at radius 2 is 1.42 bits per heavy atom. The summed E-state index contributed by atoms with van der Waals surface area (Å²) in [7, 11) is 0. The predicted octanol–water partition coefficient (Wildman–Crippen LogP) is 5.99. The average Bonchev–Trinajstić information content (AvgIpc) is 2.92. The number of rotatable bonds is 2. The van der Waals surface area contributed by atoms with Crippen molar-refractivity contribution in [2.75, 3.05) is 0 Å². The van der Waals surface area contributed by atoms with Crippen molar-refractivity contribution in [3.63, 3.8) is 0 Å². The molecule has 0 aliphatic carbocycles. The zero-order valence-electron chi connectivity index (χ0n) is 14.6. The fourth-order valence-corrected chi connectivity index (χ4v) is 2.73. The molecule has 0 aliphatic heterocycles. The van der Waals surface area contributed by atoms with Gasteiger partial charge in [0.1, 0.15) is 0 Å². The van der Waals surface area contributed by atoms with Crippen molar-refractivity contribution in [3.8, 4) is 16.8 Å². The van der Waals surface area contributed by atoms with Crippen molar-refractivity contribution >= 4 is 0 Å². The van der Waals surface area contributed by atoms with E-state index in [4.69, 9.17) is 0 Å². The van der Waals surface area contributed by atoms with Crippen LogP contribution in [0.4, 0.5) is 17.6 Å². The SMILES string of the molecule is CC(C)(C)c1ccc(-c2c(C(F)(F)F)nn(-c3ccccc3)c2F)cc1. The van der Waals surface area contributed by atoms with Gasteiger partial charge < -0.3 is 0 Å². The highest BCUT2D eigenvalue weighted by Gasteiger charge is 2.40. The molecule has 3 rings (SSSR count). The molecule has 2 nitrogen and oxygen atoms in total. The highest BCUT2D eigenvalue weighted by Crippen LogP contribution is 2.39. The number of halogens is 4. The molecule has 0 fully saturated rings. The molecular weight excluding hydrogens is 344 g/mol. The quantitative estimate of drug-likeness (QED) is 0.512. The molecule has 0 saturated heterocycles. The fourth-order valence-electron chi connectivity index (χ4n) is 2.73. The van der Waals surface area contributed by atoms with Gasteiger partial charge >= 0.3 is 6.18 Å². The Labute approximate surface area is 149 Å². The van der Waals surface area contributed by atoms with Crippen molar-refractivity contribution in [1.29, 1.82) is 0 Å². The smallest absolute Gasteiger partial charge is 0.206 e. The van der Waals surface area contributed by atoms with Crippen molar-refractivity contribution < 1.29 is 17.6 Å². The van der Waals surface area contributed by atoms with Gasteiger partial charge in [0.15, 0.2) is 5.69 Å². The Balaban J connectivity index is 2.19. The third-order valence-electron chi connectivity index (χ3n) is 4.14. The molecule has 26 heavy (non-hydrogen) atoms. The number of hydrogen-bond donors (Lipinski definition) is 0. The molecule has 0 radical (unpaired) electrons. The van der Waals surface area contributed by atoms with Crippen LogP contribution in [0.1, 0.15) is 32.0 Å². The molecule has 0 aliphatic rings.